The molecule has 2 N–H and O–H groups in total. The molecule has 0 saturated carbocycles. The van der Waals surface area contributed by atoms with E-state index >= 15 is 0 Å². The summed E-state index contributed by atoms with van der Waals surface area (Å²) in [6, 6.07) is 3.18. The fraction of sp³-hybridized carbons (Fsp3) is 0.417. The summed E-state index contributed by atoms with van der Waals surface area (Å²) in [6.07, 6.45) is -3.54. The Hall–Kier alpha value is -0.0800. The van der Waals surface area contributed by atoms with Gasteiger partial charge in [-0.15, -0.1) is 0 Å². The Morgan fingerprint density at radius 1 is 1.19 bits per heavy atom. The van der Waals surface area contributed by atoms with Crippen molar-refractivity contribution in [1.29, 1.82) is 0 Å². The van der Waals surface area contributed by atoms with E-state index in [0.717, 1.165) is 0 Å². The van der Waals surface area contributed by atoms with Gasteiger partial charge in [0, 0.05) is 5.33 Å². The molecule has 0 amide bonds. The zero-order valence-corrected chi connectivity index (χ0v) is 14.2. The van der Waals surface area contributed by atoms with E-state index in [1.165, 1.54) is 4.57 Å². The molecule has 2 heterocycles. The van der Waals surface area contributed by atoms with Gasteiger partial charge in [0.1, 0.15) is 12.2 Å². The van der Waals surface area contributed by atoms with Gasteiger partial charge < -0.3 is 14.9 Å². The number of nitrogens with zero attached hydrogens (tertiary/aromatic N) is 2. The van der Waals surface area contributed by atoms with Gasteiger partial charge in [0.05, 0.1) is 27.2 Å². The zero-order valence-electron chi connectivity index (χ0n) is 10.4. The summed E-state index contributed by atoms with van der Waals surface area (Å²) < 4.78 is 7.15. The zero-order chi connectivity index (χ0) is 15.3. The lowest BCUT2D eigenvalue weighted by Gasteiger charge is -2.18. The number of rotatable bonds is 2. The van der Waals surface area contributed by atoms with E-state index in [-0.39, 0.29) is 5.28 Å². The highest BCUT2D eigenvalue weighted by molar-refractivity contribution is 9.09. The Bertz CT molecular complexity index is 696. The van der Waals surface area contributed by atoms with Gasteiger partial charge in [-0.2, -0.15) is 0 Å². The number of hydrogen-bond acceptors (Lipinski definition) is 4. The molecule has 3 rings (SSSR count). The first-order chi connectivity index (χ1) is 9.93. The molecule has 21 heavy (non-hydrogen) atoms. The van der Waals surface area contributed by atoms with Crippen molar-refractivity contribution in [2.75, 3.05) is 5.33 Å². The van der Waals surface area contributed by atoms with Crippen LogP contribution in [0.3, 0.4) is 0 Å². The van der Waals surface area contributed by atoms with Crippen molar-refractivity contribution < 1.29 is 14.9 Å². The number of halogens is 4. The summed E-state index contributed by atoms with van der Waals surface area (Å²) in [4.78, 5) is 4.17. The summed E-state index contributed by atoms with van der Waals surface area (Å²) in [5.74, 6) is 0. The lowest BCUT2D eigenvalue weighted by molar-refractivity contribution is -0.0281. The first-order valence-corrected chi connectivity index (χ1v) is 8.29. The average Bonchev–Trinajstić information content (AvgIpc) is 2.89. The summed E-state index contributed by atoms with van der Waals surface area (Å²) in [5, 5.41) is 21.3. The van der Waals surface area contributed by atoms with Crippen molar-refractivity contribution in [2.45, 2.75) is 24.5 Å². The maximum absolute atomic E-state index is 10.2. The minimum atomic E-state index is -1.13. The van der Waals surface area contributed by atoms with Crippen molar-refractivity contribution in [1.82, 2.24) is 9.55 Å². The maximum Gasteiger partial charge on any atom is 0.206 e. The SMILES string of the molecule is O[C@@H]1[C@H](O)[C@@H](CBr)O[C@H]1n1c(Cl)nc2cc(Cl)c(Cl)cc21. The lowest BCUT2D eigenvalue weighted by atomic mass is 10.1. The second-order valence-electron chi connectivity index (χ2n) is 4.71. The fourth-order valence-corrected chi connectivity index (χ4v) is 3.50. The van der Waals surface area contributed by atoms with Crippen LogP contribution in [0.2, 0.25) is 15.3 Å². The van der Waals surface area contributed by atoms with E-state index in [2.05, 4.69) is 20.9 Å². The van der Waals surface area contributed by atoms with Crippen LogP contribution < -0.4 is 0 Å². The van der Waals surface area contributed by atoms with E-state index in [9.17, 15) is 10.2 Å². The summed E-state index contributed by atoms with van der Waals surface area (Å²) in [5.41, 5.74) is 1.10. The maximum atomic E-state index is 10.2. The predicted molar refractivity (Wildman–Crippen MR) is 84.5 cm³/mol. The van der Waals surface area contributed by atoms with Gasteiger partial charge in [0.2, 0.25) is 5.28 Å². The Labute approximate surface area is 143 Å². The molecule has 4 atom stereocenters. The van der Waals surface area contributed by atoms with Gasteiger partial charge in [-0.1, -0.05) is 39.1 Å². The van der Waals surface area contributed by atoms with Crippen LogP contribution in [-0.4, -0.2) is 43.4 Å². The van der Waals surface area contributed by atoms with Crippen molar-refractivity contribution in [3.8, 4) is 0 Å². The van der Waals surface area contributed by atoms with Crippen LogP contribution in [0.25, 0.3) is 11.0 Å². The first kappa shape index (κ1) is 15.8. The number of aromatic nitrogens is 2. The number of hydrogen-bond donors (Lipinski definition) is 2. The van der Waals surface area contributed by atoms with Crippen molar-refractivity contribution in [3.63, 3.8) is 0 Å². The van der Waals surface area contributed by atoms with Gasteiger partial charge in [-0.05, 0) is 23.7 Å². The first-order valence-electron chi connectivity index (χ1n) is 6.04. The molecule has 2 aromatic rings. The highest BCUT2D eigenvalue weighted by Gasteiger charge is 2.44. The largest absolute Gasteiger partial charge is 0.387 e. The van der Waals surface area contributed by atoms with Gasteiger partial charge in [0.25, 0.3) is 0 Å². The van der Waals surface area contributed by atoms with Crippen LogP contribution in [0.5, 0.6) is 0 Å². The van der Waals surface area contributed by atoms with Crippen LogP contribution in [0.4, 0.5) is 0 Å². The number of benzene rings is 1. The lowest BCUT2D eigenvalue weighted by Crippen LogP contribution is -2.32. The molecule has 1 fully saturated rings. The highest BCUT2D eigenvalue weighted by Crippen LogP contribution is 2.37. The Balaban J connectivity index is 2.12. The minimum Gasteiger partial charge on any atom is -0.387 e. The van der Waals surface area contributed by atoms with E-state index in [4.69, 9.17) is 39.5 Å². The molecule has 114 valence electrons. The topological polar surface area (TPSA) is 67.5 Å². The van der Waals surface area contributed by atoms with E-state index in [1.54, 1.807) is 12.1 Å². The molecule has 0 spiro atoms. The smallest absolute Gasteiger partial charge is 0.206 e. The second kappa shape index (κ2) is 5.85. The summed E-state index contributed by atoms with van der Waals surface area (Å²) in [7, 11) is 0. The molecular weight excluding hydrogens is 406 g/mol. The minimum absolute atomic E-state index is 0.120. The third-order valence-electron chi connectivity index (χ3n) is 3.43. The molecule has 9 heteroatoms. The molecule has 0 aliphatic carbocycles. The van der Waals surface area contributed by atoms with Crippen LogP contribution in [-0.2, 0) is 4.74 Å². The molecular formula is C12H10BrCl3N2O3. The third kappa shape index (κ3) is 2.57. The van der Waals surface area contributed by atoms with Gasteiger partial charge >= 0.3 is 0 Å². The molecule has 1 aliphatic rings. The number of ether oxygens (including phenoxy) is 1. The number of aliphatic hydroxyl groups excluding tert-OH is 2. The Morgan fingerprint density at radius 2 is 1.86 bits per heavy atom. The number of fused-ring (bicyclic) bond motifs is 1. The normalized spacial score (nSPS) is 29.4. The van der Waals surface area contributed by atoms with Crippen LogP contribution >= 0.6 is 50.7 Å². The number of aliphatic hydroxyl groups is 2. The number of alkyl halides is 1. The monoisotopic (exact) mass is 414 g/mol. The third-order valence-corrected chi connectivity index (χ3v) is 5.06. The molecule has 0 unspecified atom stereocenters. The quantitative estimate of drug-likeness (QED) is 0.739. The van der Waals surface area contributed by atoms with Crippen LogP contribution in [0, 0.1) is 0 Å². The summed E-state index contributed by atoms with van der Waals surface area (Å²) >= 11 is 21.3. The van der Waals surface area contributed by atoms with Gasteiger partial charge in [-0.25, -0.2) is 4.98 Å². The predicted octanol–water partition coefficient (Wildman–Crippen LogP) is 3.01. The highest BCUT2D eigenvalue weighted by atomic mass is 79.9. The van der Waals surface area contributed by atoms with Gasteiger partial charge in [-0.3, -0.25) is 4.57 Å². The molecule has 0 bridgehead atoms. The molecule has 1 aromatic carbocycles. The van der Waals surface area contributed by atoms with Gasteiger partial charge in [0.15, 0.2) is 6.23 Å². The average molecular weight is 416 g/mol. The molecule has 1 aromatic heterocycles. The molecule has 5 nitrogen and oxygen atoms in total. The van der Waals surface area contributed by atoms with Crippen LogP contribution in [0.15, 0.2) is 12.1 Å². The second-order valence-corrected chi connectivity index (χ2v) is 6.51. The van der Waals surface area contributed by atoms with Crippen molar-refractivity contribution >= 4 is 61.8 Å². The van der Waals surface area contributed by atoms with E-state index in [1.807, 2.05) is 0 Å². The van der Waals surface area contributed by atoms with Crippen molar-refractivity contribution in [3.05, 3.63) is 27.5 Å². The van der Waals surface area contributed by atoms with E-state index < -0.39 is 24.5 Å². The molecule has 1 saturated heterocycles. The standard InChI is InChI=1S/C12H10BrCl3N2O3/c13-3-8-9(19)10(20)11(21-8)18-7-2-5(15)4(14)1-6(7)17-12(18)16/h1-2,8-11,19-20H,3H2/t8-,9-,10-,11-/m1/s1. The van der Waals surface area contributed by atoms with Crippen molar-refractivity contribution in [2.24, 2.45) is 0 Å². The summed E-state index contributed by atoms with van der Waals surface area (Å²) in [6.45, 7) is 0. The molecule has 0 radical (unpaired) electrons. The Morgan fingerprint density at radius 3 is 2.48 bits per heavy atom. The Kier molecular flexibility index (Phi) is 4.40. The number of imidazole rings is 1. The fourth-order valence-electron chi connectivity index (χ4n) is 2.37. The molecule has 1 aliphatic heterocycles. The van der Waals surface area contributed by atoms with E-state index in [0.29, 0.717) is 26.4 Å². The van der Waals surface area contributed by atoms with Crippen LogP contribution in [0.1, 0.15) is 6.23 Å².